The Bertz CT molecular complexity index is 538. The second kappa shape index (κ2) is 6.11. The lowest BCUT2D eigenvalue weighted by Crippen LogP contribution is -2.47. The van der Waals surface area contributed by atoms with Crippen molar-refractivity contribution in [3.8, 4) is 0 Å². The molecule has 0 saturated heterocycles. The lowest BCUT2D eigenvalue weighted by Gasteiger charge is -2.34. The normalized spacial score (nSPS) is 15.4. The molecule has 0 saturated carbocycles. The van der Waals surface area contributed by atoms with Crippen molar-refractivity contribution in [3.63, 3.8) is 0 Å². The predicted molar refractivity (Wildman–Crippen MR) is 83.2 cm³/mol. The fourth-order valence-electron chi connectivity index (χ4n) is 1.68. The largest absolute Gasteiger partial charge is 0.378 e. The zero-order valence-corrected chi connectivity index (χ0v) is 13.7. The van der Waals surface area contributed by atoms with Crippen LogP contribution in [0.15, 0.2) is 29.2 Å². The van der Waals surface area contributed by atoms with Crippen LogP contribution >= 0.6 is 0 Å². The van der Waals surface area contributed by atoms with Gasteiger partial charge in [0.05, 0.1) is 4.90 Å². The Hall–Kier alpha value is -1.11. The number of nitrogens with one attached hydrogen (secondary N) is 1. The molecule has 0 aromatic heterocycles. The molecular weight excluding hydrogens is 274 g/mol. The minimum absolute atomic E-state index is 0.220. The standard InChI is InChI=1S/C14H25N3O2S/c1-11(2)14(3,10-15)16-12-6-8-13(9-7-12)20(18,19)17(4)5/h6-9,11,16H,10,15H2,1-5H3. The van der Waals surface area contributed by atoms with Gasteiger partial charge in [-0.05, 0) is 37.1 Å². The molecule has 0 aliphatic rings. The molecule has 1 unspecified atom stereocenters. The van der Waals surface area contributed by atoms with E-state index in [0.29, 0.717) is 12.5 Å². The summed E-state index contributed by atoms with van der Waals surface area (Å²) >= 11 is 0. The fraction of sp³-hybridized carbons (Fsp3) is 0.571. The van der Waals surface area contributed by atoms with Crippen molar-refractivity contribution in [3.05, 3.63) is 24.3 Å². The van der Waals surface area contributed by atoms with Crippen molar-refractivity contribution >= 4 is 15.7 Å². The van der Waals surface area contributed by atoms with Gasteiger partial charge in [0.15, 0.2) is 0 Å². The average Bonchev–Trinajstić information content (AvgIpc) is 2.38. The maximum atomic E-state index is 12.0. The van der Waals surface area contributed by atoms with Crippen molar-refractivity contribution in [1.82, 2.24) is 4.31 Å². The second-order valence-corrected chi connectivity index (χ2v) is 7.86. The molecule has 1 aromatic carbocycles. The van der Waals surface area contributed by atoms with E-state index in [1.165, 1.54) is 18.4 Å². The minimum Gasteiger partial charge on any atom is -0.378 e. The van der Waals surface area contributed by atoms with Gasteiger partial charge in [-0.15, -0.1) is 0 Å². The number of anilines is 1. The molecule has 20 heavy (non-hydrogen) atoms. The van der Waals surface area contributed by atoms with Gasteiger partial charge in [0.1, 0.15) is 0 Å². The van der Waals surface area contributed by atoms with E-state index in [1.54, 1.807) is 24.3 Å². The number of sulfonamides is 1. The number of hydrogen-bond donors (Lipinski definition) is 2. The molecule has 0 heterocycles. The Morgan fingerprint density at radius 1 is 1.25 bits per heavy atom. The quantitative estimate of drug-likeness (QED) is 0.838. The van der Waals surface area contributed by atoms with Gasteiger partial charge in [0.25, 0.3) is 0 Å². The van der Waals surface area contributed by atoms with Gasteiger partial charge < -0.3 is 11.1 Å². The van der Waals surface area contributed by atoms with Crippen LogP contribution in [0.5, 0.6) is 0 Å². The molecule has 1 rings (SSSR count). The third-order valence-corrected chi connectivity index (χ3v) is 5.59. The SMILES string of the molecule is CC(C)C(C)(CN)Nc1ccc(S(=O)(=O)N(C)C)cc1. The van der Waals surface area contributed by atoms with Crippen LogP contribution in [0, 0.1) is 5.92 Å². The number of rotatable bonds is 6. The molecule has 3 N–H and O–H groups in total. The first kappa shape index (κ1) is 16.9. The third kappa shape index (κ3) is 3.50. The van der Waals surface area contributed by atoms with Gasteiger partial charge in [-0.3, -0.25) is 0 Å². The van der Waals surface area contributed by atoms with Crippen molar-refractivity contribution in [2.45, 2.75) is 31.2 Å². The van der Waals surface area contributed by atoms with E-state index >= 15 is 0 Å². The lowest BCUT2D eigenvalue weighted by atomic mass is 9.88. The molecule has 1 atom stereocenters. The molecule has 114 valence electrons. The van der Waals surface area contributed by atoms with Gasteiger partial charge in [-0.25, -0.2) is 12.7 Å². The van der Waals surface area contributed by atoms with E-state index in [9.17, 15) is 8.42 Å². The summed E-state index contributed by atoms with van der Waals surface area (Å²) in [5.74, 6) is 0.359. The van der Waals surface area contributed by atoms with Crippen LogP contribution in [0.2, 0.25) is 0 Å². The van der Waals surface area contributed by atoms with Gasteiger partial charge in [-0.1, -0.05) is 13.8 Å². The third-order valence-electron chi connectivity index (χ3n) is 3.76. The van der Waals surface area contributed by atoms with E-state index in [0.717, 1.165) is 5.69 Å². The molecule has 0 aliphatic carbocycles. The van der Waals surface area contributed by atoms with E-state index in [4.69, 9.17) is 5.73 Å². The van der Waals surface area contributed by atoms with Crippen LogP contribution in [-0.2, 0) is 10.0 Å². The second-order valence-electron chi connectivity index (χ2n) is 5.71. The number of nitrogens with two attached hydrogens (primary N) is 1. The Morgan fingerprint density at radius 3 is 2.10 bits per heavy atom. The summed E-state index contributed by atoms with van der Waals surface area (Å²) in [6, 6.07) is 6.75. The lowest BCUT2D eigenvalue weighted by molar-refractivity contribution is 0.382. The maximum absolute atomic E-state index is 12.0. The predicted octanol–water partition coefficient (Wildman–Crippen LogP) is 1.72. The van der Waals surface area contributed by atoms with E-state index in [2.05, 4.69) is 26.1 Å². The van der Waals surface area contributed by atoms with Crippen LogP contribution in [0.4, 0.5) is 5.69 Å². The Balaban J connectivity index is 2.99. The summed E-state index contributed by atoms with van der Waals surface area (Å²) in [7, 11) is -0.339. The highest BCUT2D eigenvalue weighted by molar-refractivity contribution is 7.89. The summed E-state index contributed by atoms with van der Waals surface area (Å²) in [6.45, 7) is 6.76. The molecule has 6 heteroatoms. The molecular formula is C14H25N3O2S. The summed E-state index contributed by atoms with van der Waals surface area (Å²) in [5.41, 5.74) is 6.47. The molecule has 1 aromatic rings. The smallest absolute Gasteiger partial charge is 0.242 e. The van der Waals surface area contributed by atoms with E-state index < -0.39 is 10.0 Å². The first-order chi connectivity index (χ1) is 9.13. The van der Waals surface area contributed by atoms with Gasteiger partial charge in [-0.2, -0.15) is 0 Å². The first-order valence-electron chi connectivity index (χ1n) is 6.64. The minimum atomic E-state index is -3.38. The van der Waals surface area contributed by atoms with Crippen molar-refractivity contribution in [2.24, 2.45) is 11.7 Å². The molecule has 0 spiro atoms. The Labute approximate surface area is 122 Å². The highest BCUT2D eigenvalue weighted by atomic mass is 32.2. The van der Waals surface area contributed by atoms with Crippen LogP contribution in [0.25, 0.3) is 0 Å². The van der Waals surface area contributed by atoms with Crippen molar-refractivity contribution in [1.29, 1.82) is 0 Å². The first-order valence-corrected chi connectivity index (χ1v) is 8.08. The number of benzene rings is 1. The maximum Gasteiger partial charge on any atom is 0.242 e. The molecule has 0 radical (unpaired) electrons. The summed E-state index contributed by atoms with van der Waals surface area (Å²) in [4.78, 5) is 0.284. The zero-order chi connectivity index (χ0) is 15.6. The average molecular weight is 299 g/mol. The zero-order valence-electron chi connectivity index (χ0n) is 12.8. The monoisotopic (exact) mass is 299 g/mol. The Morgan fingerprint density at radius 2 is 1.75 bits per heavy atom. The summed E-state index contributed by atoms with van der Waals surface area (Å²) in [6.07, 6.45) is 0. The van der Waals surface area contributed by atoms with Crippen LogP contribution in [0.3, 0.4) is 0 Å². The topological polar surface area (TPSA) is 75.4 Å². The molecule has 0 fully saturated rings. The summed E-state index contributed by atoms with van der Waals surface area (Å²) in [5, 5.41) is 3.38. The highest BCUT2D eigenvalue weighted by Crippen LogP contribution is 2.23. The molecule has 0 aliphatic heterocycles. The van der Waals surface area contributed by atoms with E-state index in [1.807, 2.05) is 0 Å². The van der Waals surface area contributed by atoms with Crippen LogP contribution in [0.1, 0.15) is 20.8 Å². The Kier molecular flexibility index (Phi) is 5.18. The van der Waals surface area contributed by atoms with Crippen molar-refractivity contribution in [2.75, 3.05) is 26.0 Å². The highest BCUT2D eigenvalue weighted by Gasteiger charge is 2.26. The van der Waals surface area contributed by atoms with Gasteiger partial charge in [0.2, 0.25) is 10.0 Å². The van der Waals surface area contributed by atoms with E-state index in [-0.39, 0.29) is 10.4 Å². The molecule has 0 bridgehead atoms. The number of nitrogens with zero attached hydrogens (tertiary/aromatic N) is 1. The van der Waals surface area contributed by atoms with Gasteiger partial charge in [0, 0.05) is 31.9 Å². The van der Waals surface area contributed by atoms with Crippen LogP contribution in [-0.4, -0.2) is 38.9 Å². The summed E-state index contributed by atoms with van der Waals surface area (Å²) < 4.78 is 25.2. The molecule has 0 amide bonds. The number of hydrogen-bond acceptors (Lipinski definition) is 4. The van der Waals surface area contributed by atoms with Crippen molar-refractivity contribution < 1.29 is 8.42 Å². The van der Waals surface area contributed by atoms with Crippen LogP contribution < -0.4 is 11.1 Å². The van der Waals surface area contributed by atoms with Gasteiger partial charge >= 0.3 is 0 Å². The molecule has 5 nitrogen and oxygen atoms in total. The fourth-order valence-corrected chi connectivity index (χ4v) is 2.58.